The maximum absolute atomic E-state index is 13.4. The lowest BCUT2D eigenvalue weighted by Crippen LogP contribution is -2.56. The van der Waals surface area contributed by atoms with Gasteiger partial charge in [0.25, 0.3) is 5.91 Å². The van der Waals surface area contributed by atoms with E-state index in [1.807, 2.05) is 6.92 Å². The second-order valence-electron chi connectivity index (χ2n) is 7.81. The van der Waals surface area contributed by atoms with E-state index in [1.54, 1.807) is 6.07 Å². The molecule has 4 heteroatoms. The van der Waals surface area contributed by atoms with Crippen LogP contribution in [-0.2, 0) is 0 Å². The molecule has 2 unspecified atom stereocenters. The second-order valence-corrected chi connectivity index (χ2v) is 7.81. The van der Waals surface area contributed by atoms with Crippen molar-refractivity contribution in [2.75, 3.05) is 19.6 Å². The highest BCUT2D eigenvalue weighted by atomic mass is 19.1. The zero-order valence-electron chi connectivity index (χ0n) is 14.9. The summed E-state index contributed by atoms with van der Waals surface area (Å²) in [5.41, 5.74) is 1.10. The Bertz CT molecular complexity index is 560. The summed E-state index contributed by atoms with van der Waals surface area (Å²) in [6.07, 6.45) is 1.27. The SMILES string of the molecule is Cc1ccc(F)cc1C(=O)NCC(C)(C)N1CC(C)CC(C)C1. The van der Waals surface area contributed by atoms with E-state index >= 15 is 0 Å². The first-order valence-corrected chi connectivity index (χ1v) is 8.48. The summed E-state index contributed by atoms with van der Waals surface area (Å²) in [5, 5.41) is 2.99. The standard InChI is InChI=1S/C19H29FN2O/c1-13-8-14(2)11-22(10-13)19(4,5)12-21-18(23)17-9-16(20)7-6-15(17)3/h6-7,9,13-14H,8,10-12H2,1-5H3,(H,21,23). The number of carbonyl (C=O) groups is 1. The Kier molecular flexibility index (Phi) is 5.45. The Morgan fingerprint density at radius 1 is 1.30 bits per heavy atom. The molecule has 1 aromatic carbocycles. The van der Waals surface area contributed by atoms with Crippen LogP contribution in [-0.4, -0.2) is 36.0 Å². The highest BCUT2D eigenvalue weighted by Gasteiger charge is 2.33. The van der Waals surface area contributed by atoms with Gasteiger partial charge in [0.05, 0.1) is 0 Å². The van der Waals surface area contributed by atoms with E-state index in [2.05, 4.69) is 37.9 Å². The highest BCUT2D eigenvalue weighted by molar-refractivity contribution is 5.95. The molecule has 1 aromatic rings. The molecular formula is C19H29FN2O. The molecule has 1 N–H and O–H groups in total. The molecule has 0 radical (unpaired) electrons. The Morgan fingerprint density at radius 2 is 1.91 bits per heavy atom. The van der Waals surface area contributed by atoms with Gasteiger partial charge in [0.1, 0.15) is 5.82 Å². The molecule has 1 heterocycles. The van der Waals surface area contributed by atoms with E-state index in [-0.39, 0.29) is 17.3 Å². The number of halogens is 1. The minimum atomic E-state index is -0.376. The number of likely N-dealkylation sites (tertiary alicyclic amines) is 1. The van der Waals surface area contributed by atoms with E-state index in [1.165, 1.54) is 18.6 Å². The molecule has 1 aliphatic heterocycles. The van der Waals surface area contributed by atoms with Crippen molar-refractivity contribution in [3.63, 3.8) is 0 Å². The lowest BCUT2D eigenvalue weighted by Gasteiger charge is -2.45. The molecule has 1 saturated heterocycles. The van der Waals surface area contributed by atoms with E-state index in [0.717, 1.165) is 18.7 Å². The van der Waals surface area contributed by atoms with Gasteiger partial charge in [0, 0.05) is 30.7 Å². The Balaban J connectivity index is 2.01. The monoisotopic (exact) mass is 320 g/mol. The third kappa shape index (κ3) is 4.54. The lowest BCUT2D eigenvalue weighted by atomic mass is 9.88. The van der Waals surface area contributed by atoms with Gasteiger partial charge >= 0.3 is 0 Å². The number of amides is 1. The van der Waals surface area contributed by atoms with Crippen LogP contribution in [0.25, 0.3) is 0 Å². The summed E-state index contributed by atoms with van der Waals surface area (Å²) >= 11 is 0. The zero-order chi connectivity index (χ0) is 17.2. The molecule has 2 atom stereocenters. The van der Waals surface area contributed by atoms with Crippen LogP contribution in [0.15, 0.2) is 18.2 Å². The van der Waals surface area contributed by atoms with Crippen LogP contribution in [0.3, 0.4) is 0 Å². The van der Waals surface area contributed by atoms with Crippen LogP contribution < -0.4 is 5.32 Å². The summed E-state index contributed by atoms with van der Waals surface area (Å²) in [4.78, 5) is 14.8. The molecule has 1 amide bonds. The summed E-state index contributed by atoms with van der Waals surface area (Å²) in [6, 6.07) is 4.33. The molecule has 0 spiro atoms. The number of benzene rings is 1. The number of nitrogens with zero attached hydrogens (tertiary/aromatic N) is 1. The molecular weight excluding hydrogens is 291 g/mol. The predicted molar refractivity (Wildman–Crippen MR) is 92.1 cm³/mol. The molecule has 128 valence electrons. The number of carbonyl (C=O) groups excluding carboxylic acids is 1. The van der Waals surface area contributed by atoms with Crippen molar-refractivity contribution in [1.29, 1.82) is 0 Å². The van der Waals surface area contributed by atoms with Gasteiger partial charge < -0.3 is 5.32 Å². The number of hydrogen-bond donors (Lipinski definition) is 1. The van der Waals surface area contributed by atoms with Gasteiger partial charge in [0.2, 0.25) is 0 Å². The summed E-state index contributed by atoms with van der Waals surface area (Å²) in [6.45, 7) is 13.4. The van der Waals surface area contributed by atoms with Crippen LogP contribution in [0.2, 0.25) is 0 Å². The van der Waals surface area contributed by atoms with Crippen molar-refractivity contribution in [3.8, 4) is 0 Å². The molecule has 0 aromatic heterocycles. The smallest absolute Gasteiger partial charge is 0.251 e. The van der Waals surface area contributed by atoms with Crippen LogP contribution >= 0.6 is 0 Å². The summed E-state index contributed by atoms with van der Waals surface area (Å²) in [5.74, 6) is 0.783. The number of rotatable bonds is 4. The Labute approximate surface area is 139 Å². The largest absolute Gasteiger partial charge is 0.350 e. The first kappa shape index (κ1) is 17.9. The average Bonchev–Trinajstić information content (AvgIpc) is 2.46. The van der Waals surface area contributed by atoms with E-state index in [4.69, 9.17) is 0 Å². The Morgan fingerprint density at radius 3 is 2.52 bits per heavy atom. The minimum absolute atomic E-state index is 0.111. The van der Waals surface area contributed by atoms with Crippen molar-refractivity contribution in [2.24, 2.45) is 11.8 Å². The first-order chi connectivity index (χ1) is 10.7. The number of piperidine rings is 1. The van der Waals surface area contributed by atoms with Gasteiger partial charge in [-0.25, -0.2) is 4.39 Å². The normalized spacial score (nSPS) is 22.9. The van der Waals surface area contributed by atoms with Gasteiger partial charge in [0.15, 0.2) is 0 Å². The molecule has 3 nitrogen and oxygen atoms in total. The minimum Gasteiger partial charge on any atom is -0.350 e. The van der Waals surface area contributed by atoms with Crippen LogP contribution in [0.1, 0.15) is 50.0 Å². The van der Waals surface area contributed by atoms with Crippen molar-refractivity contribution in [3.05, 3.63) is 35.1 Å². The van der Waals surface area contributed by atoms with Gasteiger partial charge in [-0.1, -0.05) is 19.9 Å². The predicted octanol–water partition coefficient (Wildman–Crippen LogP) is 3.62. The van der Waals surface area contributed by atoms with E-state index in [9.17, 15) is 9.18 Å². The van der Waals surface area contributed by atoms with Gasteiger partial charge in [-0.3, -0.25) is 9.69 Å². The maximum Gasteiger partial charge on any atom is 0.251 e. The summed E-state index contributed by atoms with van der Waals surface area (Å²) < 4.78 is 13.4. The summed E-state index contributed by atoms with van der Waals surface area (Å²) in [7, 11) is 0. The molecule has 23 heavy (non-hydrogen) atoms. The quantitative estimate of drug-likeness (QED) is 0.919. The highest BCUT2D eigenvalue weighted by Crippen LogP contribution is 2.27. The lowest BCUT2D eigenvalue weighted by molar-refractivity contribution is 0.0445. The molecule has 0 saturated carbocycles. The molecule has 0 aliphatic carbocycles. The fourth-order valence-electron chi connectivity index (χ4n) is 3.50. The van der Waals surface area contributed by atoms with Crippen molar-refractivity contribution >= 4 is 5.91 Å². The van der Waals surface area contributed by atoms with Crippen molar-refractivity contribution < 1.29 is 9.18 Å². The van der Waals surface area contributed by atoms with E-state index in [0.29, 0.717) is 23.9 Å². The van der Waals surface area contributed by atoms with Gasteiger partial charge in [-0.2, -0.15) is 0 Å². The average molecular weight is 320 g/mol. The number of hydrogen-bond acceptors (Lipinski definition) is 2. The van der Waals surface area contributed by atoms with E-state index < -0.39 is 0 Å². The second kappa shape index (κ2) is 7.00. The molecule has 1 aliphatic rings. The van der Waals surface area contributed by atoms with Gasteiger partial charge in [-0.15, -0.1) is 0 Å². The number of aryl methyl sites for hydroxylation is 1. The van der Waals surface area contributed by atoms with Gasteiger partial charge in [-0.05, 0) is 56.7 Å². The van der Waals surface area contributed by atoms with Crippen molar-refractivity contribution in [1.82, 2.24) is 10.2 Å². The fourth-order valence-corrected chi connectivity index (χ4v) is 3.50. The van der Waals surface area contributed by atoms with Crippen LogP contribution in [0.4, 0.5) is 4.39 Å². The van der Waals surface area contributed by atoms with Crippen LogP contribution in [0, 0.1) is 24.6 Å². The first-order valence-electron chi connectivity index (χ1n) is 8.48. The zero-order valence-corrected chi connectivity index (χ0v) is 14.9. The maximum atomic E-state index is 13.4. The fraction of sp³-hybridized carbons (Fsp3) is 0.632. The molecule has 1 fully saturated rings. The number of nitrogens with one attached hydrogen (secondary N) is 1. The third-order valence-corrected chi connectivity index (χ3v) is 4.85. The molecule has 0 bridgehead atoms. The Hall–Kier alpha value is -1.42. The third-order valence-electron chi connectivity index (χ3n) is 4.85. The topological polar surface area (TPSA) is 32.3 Å². The van der Waals surface area contributed by atoms with Crippen molar-refractivity contribution in [2.45, 2.75) is 46.6 Å². The van der Waals surface area contributed by atoms with Crippen LogP contribution in [0.5, 0.6) is 0 Å². The molecule has 2 rings (SSSR count).